The van der Waals surface area contributed by atoms with E-state index in [-0.39, 0.29) is 21.7 Å². The molecule has 0 radical (unpaired) electrons. The SMILES string of the molecule is CCN(CC)C(=O)C1CCCN(Cc2ccc([N+](=O)[O-])s2)C1. The second kappa shape index (κ2) is 7.69. The molecular weight excluding hydrogens is 302 g/mol. The minimum Gasteiger partial charge on any atom is -0.343 e. The lowest BCUT2D eigenvalue weighted by molar-refractivity contribution is -0.380. The van der Waals surface area contributed by atoms with Crippen molar-refractivity contribution in [2.45, 2.75) is 33.2 Å². The fourth-order valence-electron chi connectivity index (χ4n) is 2.96. The Labute approximate surface area is 134 Å². The second-order valence-electron chi connectivity index (χ2n) is 5.58. The molecule has 7 heteroatoms. The van der Waals surface area contributed by atoms with E-state index in [1.54, 1.807) is 6.07 Å². The molecule has 22 heavy (non-hydrogen) atoms. The van der Waals surface area contributed by atoms with Gasteiger partial charge in [-0.2, -0.15) is 0 Å². The van der Waals surface area contributed by atoms with Crippen molar-refractivity contribution in [3.63, 3.8) is 0 Å². The van der Waals surface area contributed by atoms with E-state index in [0.29, 0.717) is 6.54 Å². The third-order valence-electron chi connectivity index (χ3n) is 4.14. The Kier molecular flexibility index (Phi) is 5.90. The van der Waals surface area contributed by atoms with Crippen molar-refractivity contribution in [1.29, 1.82) is 0 Å². The Morgan fingerprint density at radius 2 is 2.18 bits per heavy atom. The minimum atomic E-state index is -0.350. The zero-order chi connectivity index (χ0) is 16.1. The highest BCUT2D eigenvalue weighted by atomic mass is 32.1. The fourth-order valence-corrected chi connectivity index (χ4v) is 3.83. The van der Waals surface area contributed by atoms with Crippen LogP contribution in [0.25, 0.3) is 0 Å². The first-order chi connectivity index (χ1) is 10.5. The van der Waals surface area contributed by atoms with Crippen molar-refractivity contribution < 1.29 is 9.72 Å². The Bertz CT molecular complexity index is 528. The van der Waals surface area contributed by atoms with Crippen LogP contribution in [0, 0.1) is 16.0 Å². The molecule has 1 atom stereocenters. The third kappa shape index (κ3) is 4.04. The van der Waals surface area contributed by atoms with Gasteiger partial charge in [-0.15, -0.1) is 0 Å². The number of likely N-dealkylation sites (tertiary alicyclic amines) is 1. The van der Waals surface area contributed by atoms with E-state index in [1.165, 1.54) is 11.3 Å². The molecule has 2 rings (SSSR count). The molecule has 6 nitrogen and oxygen atoms in total. The molecule has 1 aromatic heterocycles. The van der Waals surface area contributed by atoms with Gasteiger partial charge in [-0.1, -0.05) is 11.3 Å². The lowest BCUT2D eigenvalue weighted by atomic mass is 9.96. The summed E-state index contributed by atoms with van der Waals surface area (Å²) in [5.74, 6) is 0.301. The smallest absolute Gasteiger partial charge is 0.324 e. The lowest BCUT2D eigenvalue weighted by Gasteiger charge is -2.34. The molecule has 0 aliphatic carbocycles. The van der Waals surface area contributed by atoms with Gasteiger partial charge >= 0.3 is 5.00 Å². The average Bonchev–Trinajstić information content (AvgIpc) is 2.97. The quantitative estimate of drug-likeness (QED) is 0.596. The number of carbonyl (C=O) groups excluding carboxylic acids is 1. The first kappa shape index (κ1) is 16.9. The Morgan fingerprint density at radius 3 is 2.77 bits per heavy atom. The first-order valence-corrected chi connectivity index (χ1v) is 8.61. The summed E-state index contributed by atoms with van der Waals surface area (Å²) in [5.41, 5.74) is 0. The van der Waals surface area contributed by atoms with Crippen molar-refractivity contribution in [2.75, 3.05) is 26.2 Å². The van der Waals surface area contributed by atoms with Crippen molar-refractivity contribution in [2.24, 2.45) is 5.92 Å². The largest absolute Gasteiger partial charge is 0.343 e. The van der Waals surface area contributed by atoms with Gasteiger partial charge in [0, 0.05) is 37.1 Å². The van der Waals surface area contributed by atoms with E-state index in [9.17, 15) is 14.9 Å². The normalized spacial score (nSPS) is 19.1. The number of rotatable bonds is 6. The number of nitro groups is 1. The highest BCUT2D eigenvalue weighted by Crippen LogP contribution is 2.27. The monoisotopic (exact) mass is 325 g/mol. The van der Waals surface area contributed by atoms with Crippen LogP contribution in [0.1, 0.15) is 31.6 Å². The third-order valence-corrected chi connectivity index (χ3v) is 5.16. The highest BCUT2D eigenvalue weighted by molar-refractivity contribution is 7.15. The van der Waals surface area contributed by atoms with Gasteiger partial charge in [0.2, 0.25) is 5.91 Å². The Hall–Kier alpha value is -1.47. The molecule has 2 heterocycles. The number of carbonyl (C=O) groups is 1. The van der Waals surface area contributed by atoms with Gasteiger partial charge in [-0.3, -0.25) is 19.8 Å². The maximum atomic E-state index is 12.5. The first-order valence-electron chi connectivity index (χ1n) is 7.79. The number of thiophene rings is 1. The summed E-state index contributed by atoms with van der Waals surface area (Å²) >= 11 is 1.22. The van der Waals surface area contributed by atoms with E-state index >= 15 is 0 Å². The molecule has 1 unspecified atom stereocenters. The van der Waals surface area contributed by atoms with E-state index in [1.807, 2.05) is 24.8 Å². The molecule has 0 spiro atoms. The molecule has 1 fully saturated rings. The number of hydrogen-bond acceptors (Lipinski definition) is 5. The van der Waals surface area contributed by atoms with E-state index in [0.717, 1.165) is 43.9 Å². The van der Waals surface area contributed by atoms with Gasteiger partial charge in [0.15, 0.2) is 0 Å². The predicted molar refractivity (Wildman–Crippen MR) is 86.9 cm³/mol. The molecular formula is C15H23N3O3S. The Balaban J connectivity index is 1.95. The molecule has 1 aromatic rings. The zero-order valence-corrected chi connectivity index (χ0v) is 14.0. The van der Waals surface area contributed by atoms with Crippen LogP contribution in [0.5, 0.6) is 0 Å². The summed E-state index contributed by atoms with van der Waals surface area (Å²) in [6.07, 6.45) is 1.95. The van der Waals surface area contributed by atoms with Crippen LogP contribution in [-0.4, -0.2) is 46.8 Å². The molecule has 122 valence electrons. The summed E-state index contributed by atoms with van der Waals surface area (Å²) in [5, 5.41) is 10.9. The molecule has 1 aliphatic heterocycles. The average molecular weight is 325 g/mol. The lowest BCUT2D eigenvalue weighted by Crippen LogP contribution is -2.44. The molecule has 1 aliphatic rings. The molecule has 0 bridgehead atoms. The molecule has 1 saturated heterocycles. The van der Waals surface area contributed by atoms with Crippen LogP contribution in [0.4, 0.5) is 5.00 Å². The van der Waals surface area contributed by atoms with E-state index in [2.05, 4.69) is 4.90 Å². The van der Waals surface area contributed by atoms with E-state index < -0.39 is 0 Å². The summed E-state index contributed by atoms with van der Waals surface area (Å²) in [6, 6.07) is 3.38. The van der Waals surface area contributed by atoms with Crippen molar-refractivity contribution >= 4 is 22.2 Å². The Morgan fingerprint density at radius 1 is 1.45 bits per heavy atom. The van der Waals surface area contributed by atoms with Crippen LogP contribution in [0.3, 0.4) is 0 Å². The summed E-state index contributed by atoms with van der Waals surface area (Å²) in [7, 11) is 0. The standard InChI is InChI=1S/C15H23N3O3S/c1-3-17(4-2)15(19)12-6-5-9-16(10-12)11-13-7-8-14(22-13)18(20)21/h7-8,12H,3-6,9-11H2,1-2H3. The van der Waals surface area contributed by atoms with Crippen molar-refractivity contribution in [1.82, 2.24) is 9.80 Å². The number of piperidine rings is 1. The number of amides is 1. The van der Waals surface area contributed by atoms with Crippen LogP contribution in [0.15, 0.2) is 12.1 Å². The van der Waals surface area contributed by atoms with Gasteiger partial charge in [-0.25, -0.2) is 0 Å². The van der Waals surface area contributed by atoms with Gasteiger partial charge in [0.25, 0.3) is 0 Å². The molecule has 0 aromatic carbocycles. The van der Waals surface area contributed by atoms with Crippen LogP contribution in [-0.2, 0) is 11.3 Å². The highest BCUT2D eigenvalue weighted by Gasteiger charge is 2.28. The number of nitrogens with zero attached hydrogens (tertiary/aromatic N) is 3. The zero-order valence-electron chi connectivity index (χ0n) is 13.2. The van der Waals surface area contributed by atoms with Crippen LogP contribution >= 0.6 is 11.3 Å². The van der Waals surface area contributed by atoms with Crippen molar-refractivity contribution in [3.05, 3.63) is 27.1 Å². The summed E-state index contributed by atoms with van der Waals surface area (Å²) in [6.45, 7) is 7.92. The van der Waals surface area contributed by atoms with E-state index in [4.69, 9.17) is 0 Å². The topological polar surface area (TPSA) is 66.7 Å². The number of hydrogen-bond donors (Lipinski definition) is 0. The summed E-state index contributed by atoms with van der Waals surface area (Å²) in [4.78, 5) is 28.0. The maximum Gasteiger partial charge on any atom is 0.324 e. The van der Waals surface area contributed by atoms with Crippen LogP contribution in [0.2, 0.25) is 0 Å². The van der Waals surface area contributed by atoms with Gasteiger partial charge in [0.1, 0.15) is 0 Å². The fraction of sp³-hybridized carbons (Fsp3) is 0.667. The second-order valence-corrected chi connectivity index (χ2v) is 6.73. The van der Waals surface area contributed by atoms with Gasteiger partial charge in [0.05, 0.1) is 10.8 Å². The maximum absolute atomic E-state index is 12.5. The minimum absolute atomic E-state index is 0.0589. The van der Waals surface area contributed by atoms with Crippen molar-refractivity contribution in [3.8, 4) is 0 Å². The molecule has 1 amide bonds. The van der Waals surface area contributed by atoms with Crippen LogP contribution < -0.4 is 0 Å². The van der Waals surface area contributed by atoms with Gasteiger partial charge < -0.3 is 4.90 Å². The summed E-state index contributed by atoms with van der Waals surface area (Å²) < 4.78 is 0. The molecule has 0 saturated carbocycles. The predicted octanol–water partition coefficient (Wildman–Crippen LogP) is 2.74. The van der Waals surface area contributed by atoms with Gasteiger partial charge in [-0.05, 0) is 39.3 Å². The molecule has 0 N–H and O–H groups in total.